The smallest absolute Gasteiger partial charge is 0.241 e. The molecule has 0 aliphatic rings. The Hall–Kier alpha value is -0.760. The molecule has 0 saturated heterocycles. The van der Waals surface area contributed by atoms with Crippen LogP contribution in [0.3, 0.4) is 0 Å². The zero-order chi connectivity index (χ0) is 14.9. The molecule has 0 fully saturated rings. The Bertz CT molecular complexity index is 726. The molecule has 0 aliphatic heterocycles. The number of nitrogens with one attached hydrogen (secondary N) is 1. The quantitative estimate of drug-likeness (QED) is 0.889. The van der Waals surface area contributed by atoms with Crippen molar-refractivity contribution in [2.45, 2.75) is 31.7 Å². The van der Waals surface area contributed by atoms with E-state index in [0.717, 1.165) is 20.1 Å². The predicted molar refractivity (Wildman–Crippen MR) is 84.5 cm³/mol. The largest absolute Gasteiger partial charge is 0.247 e. The summed E-state index contributed by atoms with van der Waals surface area (Å²) in [5.74, 6) is 0. The van der Waals surface area contributed by atoms with Gasteiger partial charge in [0.25, 0.3) is 0 Å². The highest BCUT2D eigenvalue weighted by atomic mass is 79.9. The van der Waals surface area contributed by atoms with Crippen LogP contribution in [0.4, 0.5) is 0 Å². The molecule has 0 radical (unpaired) electrons. The topological polar surface area (TPSA) is 59.1 Å². The van der Waals surface area contributed by atoms with Gasteiger partial charge in [-0.05, 0) is 39.0 Å². The average molecular weight is 375 g/mol. The maximum absolute atomic E-state index is 12.3. The summed E-state index contributed by atoms with van der Waals surface area (Å²) in [4.78, 5) is 5.52. The number of sulfonamides is 1. The van der Waals surface area contributed by atoms with Gasteiger partial charge in [0.1, 0.15) is 0 Å². The predicted octanol–water partition coefficient (Wildman–Crippen LogP) is 3.56. The second-order valence-corrected chi connectivity index (χ2v) is 8.35. The van der Waals surface area contributed by atoms with E-state index in [4.69, 9.17) is 0 Å². The van der Waals surface area contributed by atoms with Crippen molar-refractivity contribution < 1.29 is 8.42 Å². The lowest BCUT2D eigenvalue weighted by molar-refractivity contribution is 0.568. The molecule has 0 bridgehead atoms. The van der Waals surface area contributed by atoms with Crippen LogP contribution in [0.2, 0.25) is 0 Å². The highest BCUT2D eigenvalue weighted by Crippen LogP contribution is 2.26. The first-order valence-electron chi connectivity index (χ1n) is 6.01. The number of hydrogen-bond acceptors (Lipinski definition) is 4. The highest BCUT2D eigenvalue weighted by Gasteiger charge is 2.21. The van der Waals surface area contributed by atoms with Crippen LogP contribution in [0.25, 0.3) is 0 Å². The van der Waals surface area contributed by atoms with Crippen LogP contribution < -0.4 is 4.72 Å². The number of aromatic nitrogens is 1. The van der Waals surface area contributed by atoms with E-state index in [2.05, 4.69) is 25.6 Å². The van der Waals surface area contributed by atoms with Gasteiger partial charge in [-0.3, -0.25) is 0 Å². The number of thiazole rings is 1. The van der Waals surface area contributed by atoms with Crippen LogP contribution in [-0.4, -0.2) is 13.4 Å². The fourth-order valence-electron chi connectivity index (χ4n) is 1.94. The molecule has 108 valence electrons. The molecule has 0 spiro atoms. The van der Waals surface area contributed by atoms with Crippen molar-refractivity contribution in [2.24, 2.45) is 0 Å². The second kappa shape index (κ2) is 5.93. The molecule has 4 nitrogen and oxygen atoms in total. The Morgan fingerprint density at radius 3 is 2.60 bits per heavy atom. The normalized spacial score (nSPS) is 13.4. The Kier molecular flexibility index (Phi) is 4.63. The van der Waals surface area contributed by atoms with Gasteiger partial charge >= 0.3 is 0 Å². The summed E-state index contributed by atoms with van der Waals surface area (Å²) < 4.78 is 28.1. The second-order valence-electron chi connectivity index (χ2n) is 4.48. The zero-order valence-electron chi connectivity index (χ0n) is 11.3. The van der Waals surface area contributed by atoms with Crippen molar-refractivity contribution in [1.29, 1.82) is 0 Å². The van der Waals surface area contributed by atoms with Crippen LogP contribution in [0, 0.1) is 13.8 Å². The molecule has 1 aromatic heterocycles. The summed E-state index contributed by atoms with van der Waals surface area (Å²) in [5.41, 5.74) is 0.872. The number of rotatable bonds is 4. The molecular formula is C13H15BrN2O2S2. The summed E-state index contributed by atoms with van der Waals surface area (Å²) in [6.45, 7) is 5.63. The Balaban J connectivity index is 2.26. The lowest BCUT2D eigenvalue weighted by Crippen LogP contribution is -2.26. The SMILES string of the molecule is Cc1nc(C)c(C(C)NS(=O)(=O)c2cccc(Br)c2)s1. The number of aryl methyl sites for hydroxylation is 2. The van der Waals surface area contributed by atoms with Crippen LogP contribution in [0.15, 0.2) is 33.6 Å². The van der Waals surface area contributed by atoms with E-state index in [1.165, 1.54) is 11.3 Å². The lowest BCUT2D eigenvalue weighted by atomic mass is 10.2. The molecule has 1 N–H and O–H groups in total. The minimum atomic E-state index is -3.54. The molecule has 2 aromatic rings. The summed E-state index contributed by atoms with van der Waals surface area (Å²) in [5, 5.41) is 0.936. The molecule has 1 aromatic carbocycles. The average Bonchev–Trinajstić information content (AvgIpc) is 2.68. The Labute approximate surface area is 131 Å². The molecule has 0 aliphatic carbocycles. The Morgan fingerprint density at radius 2 is 2.05 bits per heavy atom. The van der Waals surface area contributed by atoms with E-state index in [0.29, 0.717) is 0 Å². The van der Waals surface area contributed by atoms with Gasteiger partial charge in [0.05, 0.1) is 21.6 Å². The Morgan fingerprint density at radius 1 is 1.35 bits per heavy atom. The third-order valence-corrected chi connectivity index (χ3v) is 6.06. The number of benzene rings is 1. The molecule has 20 heavy (non-hydrogen) atoms. The van der Waals surface area contributed by atoms with E-state index in [9.17, 15) is 8.42 Å². The minimum absolute atomic E-state index is 0.248. The number of nitrogens with zero attached hydrogens (tertiary/aromatic N) is 1. The first-order chi connectivity index (χ1) is 9.29. The van der Waals surface area contributed by atoms with E-state index < -0.39 is 10.0 Å². The number of hydrogen-bond donors (Lipinski definition) is 1. The first-order valence-corrected chi connectivity index (χ1v) is 9.10. The summed E-state index contributed by atoms with van der Waals surface area (Å²) >= 11 is 4.79. The molecule has 1 atom stereocenters. The number of halogens is 1. The van der Waals surface area contributed by atoms with Crippen molar-refractivity contribution in [3.8, 4) is 0 Å². The van der Waals surface area contributed by atoms with Gasteiger partial charge in [-0.2, -0.15) is 0 Å². The maximum Gasteiger partial charge on any atom is 0.241 e. The third kappa shape index (κ3) is 3.46. The molecule has 0 amide bonds. The van der Waals surface area contributed by atoms with Crippen molar-refractivity contribution >= 4 is 37.3 Å². The lowest BCUT2D eigenvalue weighted by Gasteiger charge is -2.13. The molecule has 7 heteroatoms. The molecule has 2 rings (SSSR count). The standard InChI is InChI=1S/C13H15BrN2O2S2/c1-8-13(19-10(3)15-8)9(2)16-20(17,18)12-6-4-5-11(14)7-12/h4-7,9,16H,1-3H3. The van der Waals surface area contributed by atoms with Gasteiger partial charge in [-0.25, -0.2) is 18.1 Å². The first kappa shape index (κ1) is 15.6. The van der Waals surface area contributed by atoms with Gasteiger partial charge in [-0.1, -0.05) is 22.0 Å². The van der Waals surface area contributed by atoms with Crippen LogP contribution >= 0.6 is 27.3 Å². The van der Waals surface area contributed by atoms with Crippen LogP contribution in [0.5, 0.6) is 0 Å². The van der Waals surface area contributed by atoms with E-state index in [1.54, 1.807) is 24.3 Å². The van der Waals surface area contributed by atoms with E-state index in [-0.39, 0.29) is 10.9 Å². The van der Waals surface area contributed by atoms with Crippen molar-refractivity contribution in [1.82, 2.24) is 9.71 Å². The van der Waals surface area contributed by atoms with Crippen molar-refractivity contribution in [2.75, 3.05) is 0 Å². The molecule has 1 heterocycles. The van der Waals surface area contributed by atoms with Crippen molar-refractivity contribution in [3.63, 3.8) is 0 Å². The van der Waals surface area contributed by atoms with Gasteiger partial charge in [0.2, 0.25) is 10.0 Å². The van der Waals surface area contributed by atoms with Gasteiger partial charge in [0, 0.05) is 9.35 Å². The molecule has 0 saturated carbocycles. The van der Waals surface area contributed by atoms with E-state index in [1.807, 2.05) is 20.8 Å². The third-order valence-electron chi connectivity index (χ3n) is 2.77. The summed E-state index contributed by atoms with van der Waals surface area (Å²) in [6.07, 6.45) is 0. The van der Waals surface area contributed by atoms with Gasteiger partial charge in [-0.15, -0.1) is 11.3 Å². The fraction of sp³-hybridized carbons (Fsp3) is 0.308. The molecular weight excluding hydrogens is 360 g/mol. The zero-order valence-corrected chi connectivity index (χ0v) is 14.6. The fourth-order valence-corrected chi connectivity index (χ4v) is 4.75. The monoisotopic (exact) mass is 374 g/mol. The van der Waals surface area contributed by atoms with Gasteiger partial charge in [0.15, 0.2) is 0 Å². The van der Waals surface area contributed by atoms with Crippen LogP contribution in [-0.2, 0) is 10.0 Å². The van der Waals surface area contributed by atoms with Gasteiger partial charge < -0.3 is 0 Å². The molecule has 1 unspecified atom stereocenters. The van der Waals surface area contributed by atoms with Crippen molar-refractivity contribution in [3.05, 3.63) is 44.3 Å². The highest BCUT2D eigenvalue weighted by molar-refractivity contribution is 9.10. The minimum Gasteiger partial charge on any atom is -0.247 e. The summed E-state index contributed by atoms with van der Waals surface area (Å²) in [7, 11) is -3.54. The summed E-state index contributed by atoms with van der Waals surface area (Å²) in [6, 6.07) is 6.35. The van der Waals surface area contributed by atoms with E-state index >= 15 is 0 Å². The maximum atomic E-state index is 12.3. The van der Waals surface area contributed by atoms with Crippen LogP contribution in [0.1, 0.15) is 28.5 Å².